The van der Waals surface area contributed by atoms with Gasteiger partial charge in [-0.05, 0) is 19.9 Å². The highest BCUT2D eigenvalue weighted by molar-refractivity contribution is 6.05. The van der Waals surface area contributed by atoms with Crippen molar-refractivity contribution < 1.29 is 14.3 Å². The summed E-state index contributed by atoms with van der Waals surface area (Å²) in [7, 11) is 0. The Hall–Kier alpha value is -3.80. The number of pyridine rings is 1. The zero-order valence-electron chi connectivity index (χ0n) is 16.8. The molecule has 4 aromatic rings. The van der Waals surface area contributed by atoms with Crippen LogP contribution in [0, 0.1) is 0 Å². The molecule has 0 aliphatic heterocycles. The molecule has 0 spiro atoms. The van der Waals surface area contributed by atoms with Crippen LogP contribution in [0.5, 0.6) is 0 Å². The molecule has 0 bridgehead atoms. The minimum absolute atomic E-state index is 0.0737. The molecule has 0 saturated carbocycles. The smallest absolute Gasteiger partial charge is 0.339 e. The summed E-state index contributed by atoms with van der Waals surface area (Å²) < 4.78 is 7.13. The number of ether oxygens (including phenoxy) is 1. The van der Waals surface area contributed by atoms with Gasteiger partial charge in [-0.1, -0.05) is 60.7 Å². The van der Waals surface area contributed by atoms with Crippen LogP contribution in [0.25, 0.3) is 22.3 Å². The van der Waals surface area contributed by atoms with Crippen LogP contribution in [0.4, 0.5) is 0 Å². The van der Waals surface area contributed by atoms with Crippen LogP contribution in [-0.4, -0.2) is 33.1 Å². The molecule has 0 radical (unpaired) electrons. The van der Waals surface area contributed by atoms with Gasteiger partial charge in [0.25, 0.3) is 0 Å². The van der Waals surface area contributed by atoms with E-state index < -0.39 is 5.97 Å². The Morgan fingerprint density at radius 2 is 1.67 bits per heavy atom. The highest BCUT2D eigenvalue weighted by Crippen LogP contribution is 2.26. The van der Waals surface area contributed by atoms with E-state index in [4.69, 9.17) is 9.72 Å². The molecule has 2 aromatic carbocycles. The first-order valence-corrected chi connectivity index (χ1v) is 9.73. The summed E-state index contributed by atoms with van der Waals surface area (Å²) in [6.07, 6.45) is 1.62. The number of benzene rings is 2. The fourth-order valence-electron chi connectivity index (χ4n) is 3.24. The number of rotatable bonds is 6. The zero-order valence-corrected chi connectivity index (χ0v) is 16.8. The maximum atomic E-state index is 12.9. The average molecular weight is 399 g/mol. The Morgan fingerprint density at radius 3 is 2.33 bits per heavy atom. The lowest BCUT2D eigenvalue weighted by Crippen LogP contribution is -2.15. The van der Waals surface area contributed by atoms with Crippen molar-refractivity contribution in [3.05, 3.63) is 84.1 Å². The van der Waals surface area contributed by atoms with Crippen LogP contribution >= 0.6 is 0 Å². The second kappa shape index (κ2) is 8.29. The van der Waals surface area contributed by atoms with Crippen molar-refractivity contribution in [2.24, 2.45) is 0 Å². The summed E-state index contributed by atoms with van der Waals surface area (Å²) in [5, 5.41) is 4.99. The van der Waals surface area contributed by atoms with Crippen molar-refractivity contribution in [1.82, 2.24) is 14.8 Å². The Labute approximate surface area is 174 Å². The van der Waals surface area contributed by atoms with Crippen molar-refractivity contribution in [3.8, 4) is 11.3 Å². The van der Waals surface area contributed by atoms with Crippen molar-refractivity contribution >= 4 is 22.8 Å². The second-order valence-corrected chi connectivity index (χ2v) is 7.21. The molecule has 30 heavy (non-hydrogen) atoms. The molecule has 2 aromatic heterocycles. The molecule has 6 heteroatoms. The molecule has 0 fully saturated rings. The maximum Gasteiger partial charge on any atom is 0.339 e. The van der Waals surface area contributed by atoms with Gasteiger partial charge >= 0.3 is 5.97 Å². The minimum Gasteiger partial charge on any atom is -0.454 e. The number of esters is 1. The van der Waals surface area contributed by atoms with Gasteiger partial charge in [0, 0.05) is 17.2 Å². The van der Waals surface area contributed by atoms with Gasteiger partial charge in [0.05, 0.1) is 22.8 Å². The lowest BCUT2D eigenvalue weighted by molar-refractivity contribution is 0.0476. The highest BCUT2D eigenvalue weighted by atomic mass is 16.5. The van der Waals surface area contributed by atoms with Gasteiger partial charge in [0.15, 0.2) is 18.0 Å². The van der Waals surface area contributed by atoms with Crippen LogP contribution in [-0.2, 0) is 4.74 Å². The van der Waals surface area contributed by atoms with E-state index >= 15 is 0 Å². The number of nitrogens with zero attached hydrogens (tertiary/aromatic N) is 3. The van der Waals surface area contributed by atoms with Crippen LogP contribution < -0.4 is 0 Å². The van der Waals surface area contributed by atoms with E-state index in [0.29, 0.717) is 27.9 Å². The Balaban J connectivity index is 1.70. The van der Waals surface area contributed by atoms with E-state index in [1.54, 1.807) is 41.2 Å². The van der Waals surface area contributed by atoms with E-state index in [0.717, 1.165) is 5.56 Å². The lowest BCUT2D eigenvalue weighted by atomic mass is 10.1. The van der Waals surface area contributed by atoms with Crippen LogP contribution in [0.2, 0.25) is 0 Å². The topological polar surface area (TPSA) is 74.1 Å². The summed E-state index contributed by atoms with van der Waals surface area (Å²) in [6.45, 7) is 3.67. The van der Waals surface area contributed by atoms with Gasteiger partial charge in [0.1, 0.15) is 0 Å². The number of aromatic nitrogens is 3. The summed E-state index contributed by atoms with van der Waals surface area (Å²) >= 11 is 0. The number of carbonyl (C=O) groups is 2. The van der Waals surface area contributed by atoms with E-state index in [2.05, 4.69) is 5.10 Å². The molecule has 2 heterocycles. The summed E-state index contributed by atoms with van der Waals surface area (Å²) in [5.41, 5.74) is 2.97. The van der Waals surface area contributed by atoms with Crippen molar-refractivity contribution in [3.63, 3.8) is 0 Å². The number of Topliss-reactive ketones (excluding diaryl/α,β-unsaturated/α-hetero) is 1. The van der Waals surface area contributed by atoms with Crippen LogP contribution in [0.15, 0.2) is 72.9 Å². The molecule has 0 aliphatic rings. The third-order valence-electron chi connectivity index (χ3n) is 4.78. The van der Waals surface area contributed by atoms with Crippen LogP contribution in [0.1, 0.15) is 40.6 Å². The van der Waals surface area contributed by atoms with Gasteiger partial charge in [-0.3, -0.25) is 4.79 Å². The summed E-state index contributed by atoms with van der Waals surface area (Å²) in [4.78, 5) is 30.0. The third kappa shape index (κ3) is 3.85. The fourth-order valence-corrected chi connectivity index (χ4v) is 3.24. The molecule has 0 atom stereocenters. The average Bonchev–Trinajstić information content (AvgIpc) is 3.22. The van der Waals surface area contributed by atoms with Crippen molar-refractivity contribution in [2.45, 2.75) is 19.9 Å². The maximum absolute atomic E-state index is 12.9. The molecule has 4 rings (SSSR count). The minimum atomic E-state index is -0.577. The van der Waals surface area contributed by atoms with E-state index in [1.807, 2.05) is 50.2 Å². The number of fused-ring (bicyclic) bond motifs is 1. The number of hydrogen-bond donors (Lipinski definition) is 0. The highest BCUT2D eigenvalue weighted by Gasteiger charge is 2.20. The number of hydrogen-bond acceptors (Lipinski definition) is 5. The fraction of sp³-hybridized carbons (Fsp3) is 0.167. The van der Waals surface area contributed by atoms with Crippen molar-refractivity contribution in [2.75, 3.05) is 6.61 Å². The van der Waals surface area contributed by atoms with Gasteiger partial charge in [-0.15, -0.1) is 0 Å². The van der Waals surface area contributed by atoms with Crippen LogP contribution in [0.3, 0.4) is 0 Å². The second-order valence-electron chi connectivity index (χ2n) is 7.21. The molecule has 0 amide bonds. The first-order valence-electron chi connectivity index (χ1n) is 9.73. The molecule has 0 aliphatic carbocycles. The monoisotopic (exact) mass is 399 g/mol. The zero-order chi connectivity index (χ0) is 21.1. The van der Waals surface area contributed by atoms with Gasteiger partial charge in [-0.25, -0.2) is 14.5 Å². The van der Waals surface area contributed by atoms with Crippen molar-refractivity contribution in [1.29, 1.82) is 0 Å². The predicted octanol–water partition coefficient (Wildman–Crippen LogP) is 4.72. The Morgan fingerprint density at radius 1 is 1.00 bits per heavy atom. The normalized spacial score (nSPS) is 11.0. The van der Waals surface area contributed by atoms with E-state index in [9.17, 15) is 9.59 Å². The SMILES string of the molecule is CC(C)n1ncc2c(C(=O)OCC(=O)c3ccccc3)cc(-c3ccccc3)nc21. The first kappa shape index (κ1) is 19.5. The Bertz CT molecular complexity index is 1200. The van der Waals surface area contributed by atoms with Gasteiger partial charge in [0.2, 0.25) is 0 Å². The summed E-state index contributed by atoms with van der Waals surface area (Å²) in [6, 6.07) is 20.1. The molecule has 6 nitrogen and oxygen atoms in total. The molecule has 0 unspecified atom stereocenters. The number of carbonyl (C=O) groups excluding carboxylic acids is 2. The largest absolute Gasteiger partial charge is 0.454 e. The molecular weight excluding hydrogens is 378 g/mol. The molecule has 150 valence electrons. The van der Waals surface area contributed by atoms with Gasteiger partial charge < -0.3 is 4.74 Å². The standard InChI is InChI=1S/C24H21N3O3/c1-16(2)27-23-20(14-25-27)19(13-21(26-23)17-9-5-3-6-10-17)24(29)30-15-22(28)18-11-7-4-8-12-18/h3-14,16H,15H2,1-2H3. The quantitative estimate of drug-likeness (QED) is 0.346. The third-order valence-corrected chi connectivity index (χ3v) is 4.78. The molecular formula is C24H21N3O3. The Kier molecular flexibility index (Phi) is 5.39. The molecule has 0 saturated heterocycles. The summed E-state index contributed by atoms with van der Waals surface area (Å²) in [5.74, 6) is -0.831. The lowest BCUT2D eigenvalue weighted by Gasteiger charge is -2.10. The predicted molar refractivity (Wildman–Crippen MR) is 114 cm³/mol. The number of ketones is 1. The first-order chi connectivity index (χ1) is 14.5. The van der Waals surface area contributed by atoms with E-state index in [1.165, 1.54) is 0 Å². The van der Waals surface area contributed by atoms with E-state index in [-0.39, 0.29) is 18.4 Å². The molecule has 0 N–H and O–H groups in total. The van der Waals surface area contributed by atoms with Gasteiger partial charge in [-0.2, -0.15) is 5.10 Å².